The number of carbonyl (C=O) groups is 2. The first-order valence-electron chi connectivity index (χ1n) is 11.4. The van der Waals surface area contributed by atoms with E-state index in [0.29, 0.717) is 16.3 Å². The molecule has 1 N–H and O–H groups in total. The smallest absolute Gasteiger partial charge is 0.282 e. The maximum Gasteiger partial charge on any atom is 0.282 e. The van der Waals surface area contributed by atoms with Crippen molar-refractivity contribution in [3.05, 3.63) is 70.8 Å². The number of nitrogens with one attached hydrogen (secondary N) is 1. The Morgan fingerprint density at radius 1 is 0.935 bits per heavy atom. The van der Waals surface area contributed by atoms with Crippen molar-refractivity contribution in [3.63, 3.8) is 0 Å². The number of unbranched alkanes of at least 4 members (excludes halogenated alkanes) is 1. The molecule has 5 heteroatoms. The fourth-order valence-electron chi connectivity index (χ4n) is 4.22. The van der Waals surface area contributed by atoms with E-state index in [9.17, 15) is 9.59 Å². The summed E-state index contributed by atoms with van der Waals surface area (Å²) in [6.45, 7) is 2.17. The Kier molecular flexibility index (Phi) is 7.13. The molecule has 1 aliphatic carbocycles. The van der Waals surface area contributed by atoms with Crippen molar-refractivity contribution in [2.45, 2.75) is 69.2 Å². The number of carbonyl (C=O) groups excluding carboxylic acids is 2. The van der Waals surface area contributed by atoms with Crippen molar-refractivity contribution in [1.29, 1.82) is 0 Å². The van der Waals surface area contributed by atoms with Crippen LogP contribution in [-0.4, -0.2) is 17.9 Å². The summed E-state index contributed by atoms with van der Waals surface area (Å²) in [5.41, 5.74) is 2.33. The van der Waals surface area contributed by atoms with Crippen LogP contribution in [0.1, 0.15) is 57.4 Å². The van der Waals surface area contributed by atoms with Crippen molar-refractivity contribution in [2.75, 3.05) is 4.90 Å². The van der Waals surface area contributed by atoms with Crippen molar-refractivity contribution in [1.82, 2.24) is 5.32 Å². The van der Waals surface area contributed by atoms with Crippen molar-refractivity contribution in [3.8, 4) is 0 Å². The first kappa shape index (κ1) is 21.7. The number of amides is 2. The highest BCUT2D eigenvalue weighted by Gasteiger charge is 2.40. The largest absolute Gasteiger partial charge is 0.377 e. The SMILES string of the molecule is CCCCc1ccc(N2C(=O)C(NC3CCCCC3)=C(Sc3ccccc3)C2=O)cc1. The average molecular weight is 435 g/mol. The molecule has 1 heterocycles. The summed E-state index contributed by atoms with van der Waals surface area (Å²) >= 11 is 1.38. The van der Waals surface area contributed by atoms with Crippen molar-refractivity contribution < 1.29 is 9.59 Å². The zero-order chi connectivity index (χ0) is 21.6. The molecule has 1 saturated carbocycles. The van der Waals surface area contributed by atoms with E-state index >= 15 is 0 Å². The molecule has 31 heavy (non-hydrogen) atoms. The second-order valence-corrected chi connectivity index (χ2v) is 9.40. The van der Waals surface area contributed by atoms with Crippen LogP contribution in [-0.2, 0) is 16.0 Å². The number of anilines is 1. The molecule has 2 amide bonds. The fraction of sp³-hybridized carbons (Fsp3) is 0.385. The molecule has 2 aliphatic rings. The Hall–Kier alpha value is -2.53. The van der Waals surface area contributed by atoms with E-state index in [4.69, 9.17) is 0 Å². The number of rotatable bonds is 8. The zero-order valence-electron chi connectivity index (χ0n) is 18.1. The summed E-state index contributed by atoms with van der Waals surface area (Å²) in [6.07, 6.45) is 8.95. The van der Waals surface area contributed by atoms with Crippen LogP contribution >= 0.6 is 11.8 Å². The minimum Gasteiger partial charge on any atom is -0.377 e. The number of thioether (sulfide) groups is 1. The van der Waals surface area contributed by atoms with Crippen molar-refractivity contribution >= 4 is 29.3 Å². The lowest BCUT2D eigenvalue weighted by atomic mass is 9.95. The highest BCUT2D eigenvalue weighted by atomic mass is 32.2. The van der Waals surface area contributed by atoms with Crippen molar-refractivity contribution in [2.24, 2.45) is 0 Å². The van der Waals surface area contributed by atoms with Gasteiger partial charge in [0.2, 0.25) is 0 Å². The van der Waals surface area contributed by atoms with Crippen LogP contribution < -0.4 is 10.2 Å². The van der Waals surface area contributed by atoms with E-state index in [-0.39, 0.29) is 17.9 Å². The second-order valence-electron chi connectivity index (χ2n) is 8.31. The minimum absolute atomic E-state index is 0.238. The zero-order valence-corrected chi connectivity index (χ0v) is 18.9. The lowest BCUT2D eigenvalue weighted by Crippen LogP contribution is -2.37. The Labute approximate surface area is 189 Å². The molecule has 4 rings (SSSR count). The van der Waals surface area contributed by atoms with Gasteiger partial charge in [0.1, 0.15) is 10.6 Å². The first-order chi connectivity index (χ1) is 15.2. The van der Waals surface area contributed by atoms with Gasteiger partial charge in [-0.3, -0.25) is 9.59 Å². The number of benzene rings is 2. The van der Waals surface area contributed by atoms with E-state index in [2.05, 4.69) is 12.2 Å². The van der Waals surface area contributed by atoms with Crippen LogP contribution in [0.15, 0.2) is 70.1 Å². The summed E-state index contributed by atoms with van der Waals surface area (Å²) in [5, 5.41) is 3.45. The Bertz CT molecular complexity index is 947. The summed E-state index contributed by atoms with van der Waals surface area (Å²) in [4.78, 5) is 29.6. The number of imide groups is 1. The van der Waals surface area contributed by atoms with Gasteiger partial charge in [-0.1, -0.05) is 74.7 Å². The Balaban J connectivity index is 1.61. The lowest BCUT2D eigenvalue weighted by molar-refractivity contribution is -0.120. The van der Waals surface area contributed by atoms with Crippen LogP contribution in [0.3, 0.4) is 0 Å². The molecule has 0 aromatic heterocycles. The highest BCUT2D eigenvalue weighted by Crippen LogP contribution is 2.37. The Morgan fingerprint density at radius 2 is 1.65 bits per heavy atom. The van der Waals surface area contributed by atoms with E-state index < -0.39 is 0 Å². The molecular weight excluding hydrogens is 404 g/mol. The highest BCUT2D eigenvalue weighted by molar-refractivity contribution is 8.04. The number of aryl methyl sites for hydroxylation is 1. The van der Waals surface area contributed by atoms with Gasteiger partial charge in [-0.05, 0) is 55.5 Å². The van der Waals surface area contributed by atoms with Gasteiger partial charge in [0.25, 0.3) is 11.8 Å². The molecule has 0 unspecified atom stereocenters. The molecule has 162 valence electrons. The number of nitrogens with zero attached hydrogens (tertiary/aromatic N) is 1. The van der Waals surface area contributed by atoms with E-state index in [1.165, 1.54) is 28.6 Å². The molecule has 2 aromatic carbocycles. The molecule has 0 spiro atoms. The number of hydrogen-bond donors (Lipinski definition) is 1. The van der Waals surface area contributed by atoms with E-state index in [1.54, 1.807) is 0 Å². The summed E-state index contributed by atoms with van der Waals surface area (Å²) in [5.74, 6) is -0.478. The van der Waals surface area contributed by atoms with Gasteiger partial charge >= 0.3 is 0 Å². The molecule has 0 saturated heterocycles. The third-order valence-corrected chi connectivity index (χ3v) is 7.06. The number of hydrogen-bond acceptors (Lipinski definition) is 4. The molecule has 2 aromatic rings. The first-order valence-corrected chi connectivity index (χ1v) is 12.2. The molecule has 0 atom stereocenters. The molecule has 4 nitrogen and oxygen atoms in total. The topological polar surface area (TPSA) is 49.4 Å². The van der Waals surface area contributed by atoms with Gasteiger partial charge in [0, 0.05) is 10.9 Å². The fourth-order valence-corrected chi connectivity index (χ4v) is 5.17. The molecule has 1 aliphatic heterocycles. The monoisotopic (exact) mass is 434 g/mol. The van der Waals surface area contributed by atoms with Gasteiger partial charge in [0.15, 0.2) is 0 Å². The minimum atomic E-state index is -0.240. The Morgan fingerprint density at radius 3 is 2.32 bits per heavy atom. The predicted octanol–water partition coefficient (Wildman–Crippen LogP) is 5.83. The average Bonchev–Trinajstić information content (AvgIpc) is 3.03. The normalized spacial score (nSPS) is 17.5. The van der Waals surface area contributed by atoms with E-state index in [1.807, 2.05) is 54.6 Å². The van der Waals surface area contributed by atoms with E-state index in [0.717, 1.165) is 49.8 Å². The third kappa shape index (κ3) is 5.04. The lowest BCUT2D eigenvalue weighted by Gasteiger charge is -2.24. The third-order valence-electron chi connectivity index (χ3n) is 5.97. The summed E-state index contributed by atoms with van der Waals surface area (Å²) < 4.78 is 0. The van der Waals surface area contributed by atoms with Gasteiger partial charge in [-0.15, -0.1) is 0 Å². The molecule has 0 bridgehead atoms. The van der Waals surface area contributed by atoms with Crippen LogP contribution in [0.5, 0.6) is 0 Å². The quantitative estimate of drug-likeness (QED) is 0.531. The van der Waals surface area contributed by atoms with Crippen LogP contribution in [0.4, 0.5) is 5.69 Å². The van der Waals surface area contributed by atoms with Crippen LogP contribution in [0.25, 0.3) is 0 Å². The molecular formula is C26H30N2O2S. The van der Waals surface area contributed by atoms with Gasteiger partial charge in [-0.2, -0.15) is 0 Å². The maximum absolute atomic E-state index is 13.4. The standard InChI is InChI=1S/C26H30N2O2S/c1-2-3-10-19-15-17-21(18-16-19)28-25(29)23(27-20-11-6-4-7-12-20)24(26(28)30)31-22-13-8-5-9-14-22/h5,8-9,13-18,20,27H,2-4,6-7,10-12H2,1H3. The summed E-state index contributed by atoms with van der Waals surface area (Å²) in [6, 6.07) is 17.9. The predicted molar refractivity (Wildman–Crippen MR) is 127 cm³/mol. The second kappa shape index (κ2) is 10.2. The van der Waals surface area contributed by atoms with Gasteiger partial charge in [0.05, 0.1) is 5.69 Å². The maximum atomic E-state index is 13.4. The van der Waals surface area contributed by atoms with Gasteiger partial charge < -0.3 is 5.32 Å². The van der Waals surface area contributed by atoms with Gasteiger partial charge in [-0.25, -0.2) is 4.90 Å². The molecule has 0 radical (unpaired) electrons. The molecule has 1 fully saturated rings. The van der Waals surface area contributed by atoms with Crippen LogP contribution in [0, 0.1) is 0 Å². The van der Waals surface area contributed by atoms with Crippen LogP contribution in [0.2, 0.25) is 0 Å². The summed E-state index contributed by atoms with van der Waals surface area (Å²) in [7, 11) is 0.